The molecule has 186 valence electrons. The number of alkyl carbamates (subject to hydrolysis) is 1. The highest BCUT2D eigenvalue weighted by molar-refractivity contribution is 5.80. The summed E-state index contributed by atoms with van der Waals surface area (Å²) in [6.07, 6.45) is 3.11. The highest BCUT2D eigenvalue weighted by Gasteiger charge is 2.45. The molecule has 7 nitrogen and oxygen atoms in total. The van der Waals surface area contributed by atoms with Crippen LogP contribution in [0.25, 0.3) is 11.1 Å². The molecule has 4 rings (SSSR count). The molecule has 2 aliphatic rings. The Hall–Kier alpha value is -3.35. The van der Waals surface area contributed by atoms with Crippen LogP contribution in [0.5, 0.6) is 0 Å². The van der Waals surface area contributed by atoms with Crippen molar-refractivity contribution < 1.29 is 24.2 Å². The van der Waals surface area contributed by atoms with Gasteiger partial charge in [-0.25, -0.2) is 4.79 Å². The Labute approximate surface area is 206 Å². The summed E-state index contributed by atoms with van der Waals surface area (Å²) in [5, 5.41) is 15.3. The third kappa shape index (κ3) is 5.34. The van der Waals surface area contributed by atoms with Gasteiger partial charge < -0.3 is 20.5 Å². The van der Waals surface area contributed by atoms with E-state index in [4.69, 9.17) is 4.74 Å². The van der Waals surface area contributed by atoms with Crippen molar-refractivity contribution in [1.29, 1.82) is 0 Å². The second-order valence-electron chi connectivity index (χ2n) is 10.00. The van der Waals surface area contributed by atoms with Crippen LogP contribution in [0.4, 0.5) is 4.79 Å². The van der Waals surface area contributed by atoms with Crippen LogP contribution in [0, 0.1) is 5.41 Å². The van der Waals surface area contributed by atoms with Gasteiger partial charge in [-0.15, -0.1) is 0 Å². The smallest absolute Gasteiger partial charge is 0.407 e. The van der Waals surface area contributed by atoms with E-state index in [1.54, 1.807) is 6.92 Å². The lowest BCUT2D eigenvalue weighted by Gasteiger charge is -2.27. The Morgan fingerprint density at radius 3 is 2.34 bits per heavy atom. The fourth-order valence-electron chi connectivity index (χ4n) is 5.40. The van der Waals surface area contributed by atoms with Crippen LogP contribution in [0.3, 0.4) is 0 Å². The molecule has 3 N–H and O–H groups in total. The van der Waals surface area contributed by atoms with Gasteiger partial charge in [-0.05, 0) is 61.8 Å². The molecule has 0 bridgehead atoms. The molecular weight excluding hydrogens is 444 g/mol. The monoisotopic (exact) mass is 478 g/mol. The quantitative estimate of drug-likeness (QED) is 0.478. The van der Waals surface area contributed by atoms with E-state index in [-0.39, 0.29) is 30.5 Å². The summed E-state index contributed by atoms with van der Waals surface area (Å²) in [4.78, 5) is 36.4. The van der Waals surface area contributed by atoms with Gasteiger partial charge in [0.25, 0.3) is 0 Å². The van der Waals surface area contributed by atoms with Crippen molar-refractivity contribution in [2.24, 2.45) is 5.41 Å². The van der Waals surface area contributed by atoms with Crippen LogP contribution >= 0.6 is 0 Å². The zero-order chi connectivity index (χ0) is 25.0. The maximum atomic E-state index is 12.4. The molecule has 1 saturated carbocycles. The molecule has 0 radical (unpaired) electrons. The Morgan fingerprint density at radius 2 is 1.71 bits per heavy atom. The average molecular weight is 479 g/mol. The molecule has 35 heavy (non-hydrogen) atoms. The first-order chi connectivity index (χ1) is 16.8. The number of hydrogen-bond acceptors (Lipinski definition) is 4. The zero-order valence-corrected chi connectivity index (χ0v) is 20.4. The third-order valence-corrected chi connectivity index (χ3v) is 7.53. The van der Waals surface area contributed by atoms with Gasteiger partial charge in [0.2, 0.25) is 5.91 Å². The Bertz CT molecular complexity index is 1050. The lowest BCUT2D eigenvalue weighted by molar-refractivity contribution is -0.149. The highest BCUT2D eigenvalue weighted by atomic mass is 16.5. The molecule has 0 aliphatic heterocycles. The molecule has 7 heteroatoms. The summed E-state index contributed by atoms with van der Waals surface area (Å²) >= 11 is 0. The summed E-state index contributed by atoms with van der Waals surface area (Å²) in [6, 6.07) is 15.9. The number of amides is 2. The first-order valence-electron chi connectivity index (χ1n) is 12.4. The Morgan fingerprint density at radius 1 is 1.09 bits per heavy atom. The molecule has 2 aromatic rings. The number of ether oxygens (including phenoxy) is 1. The Balaban J connectivity index is 1.20. The number of hydrogen-bond donors (Lipinski definition) is 3. The number of carbonyl (C=O) groups excluding carboxylic acids is 2. The summed E-state index contributed by atoms with van der Waals surface area (Å²) in [6.45, 7) is 3.85. The van der Waals surface area contributed by atoms with Crippen LogP contribution in [0.1, 0.15) is 69.4 Å². The predicted octanol–water partition coefficient (Wildman–Crippen LogP) is 4.84. The van der Waals surface area contributed by atoms with Crippen LogP contribution in [0.15, 0.2) is 48.5 Å². The summed E-state index contributed by atoms with van der Waals surface area (Å²) < 4.78 is 5.59. The van der Waals surface area contributed by atoms with Crippen molar-refractivity contribution in [2.75, 3.05) is 6.61 Å². The third-order valence-electron chi connectivity index (χ3n) is 7.53. The molecule has 3 unspecified atom stereocenters. The van der Waals surface area contributed by atoms with Gasteiger partial charge in [-0.1, -0.05) is 55.0 Å². The van der Waals surface area contributed by atoms with E-state index < -0.39 is 17.5 Å². The van der Waals surface area contributed by atoms with Crippen molar-refractivity contribution in [1.82, 2.24) is 10.6 Å². The fourth-order valence-corrected chi connectivity index (χ4v) is 5.40. The maximum absolute atomic E-state index is 12.4. The molecule has 1 fully saturated rings. The summed E-state index contributed by atoms with van der Waals surface area (Å²) in [5.74, 6) is -0.988. The summed E-state index contributed by atoms with van der Waals surface area (Å²) in [7, 11) is 0. The van der Waals surface area contributed by atoms with Crippen LogP contribution in [-0.2, 0) is 14.3 Å². The first-order valence-corrected chi connectivity index (χ1v) is 12.4. The van der Waals surface area contributed by atoms with Gasteiger partial charge in [0, 0.05) is 24.4 Å². The number of fused-ring (bicyclic) bond motifs is 3. The van der Waals surface area contributed by atoms with E-state index in [1.807, 2.05) is 31.2 Å². The van der Waals surface area contributed by atoms with Crippen LogP contribution in [-0.4, -0.2) is 41.8 Å². The molecule has 0 spiro atoms. The number of rotatable bonds is 9. The maximum Gasteiger partial charge on any atom is 0.407 e. The van der Waals surface area contributed by atoms with Crippen molar-refractivity contribution >= 4 is 18.0 Å². The van der Waals surface area contributed by atoms with E-state index in [1.165, 1.54) is 22.3 Å². The molecule has 0 saturated heterocycles. The van der Waals surface area contributed by atoms with E-state index in [0.717, 1.165) is 6.42 Å². The molecule has 3 atom stereocenters. The number of carboxylic acids is 1. The van der Waals surface area contributed by atoms with E-state index in [9.17, 15) is 19.5 Å². The minimum absolute atomic E-state index is 0.0132. The highest BCUT2D eigenvalue weighted by Crippen LogP contribution is 2.44. The largest absolute Gasteiger partial charge is 0.481 e. The van der Waals surface area contributed by atoms with E-state index in [2.05, 4.69) is 34.9 Å². The van der Waals surface area contributed by atoms with Crippen molar-refractivity contribution in [3.05, 3.63) is 59.7 Å². The predicted molar refractivity (Wildman–Crippen MR) is 133 cm³/mol. The number of carbonyl (C=O) groups is 3. The van der Waals surface area contributed by atoms with Gasteiger partial charge in [-0.3, -0.25) is 9.59 Å². The van der Waals surface area contributed by atoms with Crippen molar-refractivity contribution in [3.63, 3.8) is 0 Å². The molecule has 2 aromatic carbocycles. The minimum atomic E-state index is -0.894. The van der Waals surface area contributed by atoms with Crippen molar-refractivity contribution in [3.8, 4) is 11.1 Å². The lowest BCUT2D eigenvalue weighted by Crippen LogP contribution is -2.47. The van der Waals surface area contributed by atoms with Crippen LogP contribution < -0.4 is 10.6 Å². The normalized spacial score (nSPS) is 21.6. The molecule has 2 amide bonds. The van der Waals surface area contributed by atoms with Gasteiger partial charge >= 0.3 is 12.1 Å². The van der Waals surface area contributed by atoms with Crippen LogP contribution in [0.2, 0.25) is 0 Å². The molecule has 2 aliphatic carbocycles. The minimum Gasteiger partial charge on any atom is -0.481 e. The topological polar surface area (TPSA) is 105 Å². The zero-order valence-electron chi connectivity index (χ0n) is 20.4. The van der Waals surface area contributed by atoms with Crippen molar-refractivity contribution in [2.45, 2.75) is 70.4 Å². The number of carboxylic acid groups (broad SMARTS) is 1. The molecular formula is C28H34N2O5. The number of nitrogens with one attached hydrogen (secondary N) is 2. The number of aliphatic carboxylic acids is 1. The van der Waals surface area contributed by atoms with Gasteiger partial charge in [0.15, 0.2) is 0 Å². The standard InChI is InChI=1S/C28H34N2O5/c1-18(9-7-15-25(31)30-24-14-8-16-28(24,2)26(32)33)29-27(34)35-17-23-21-12-5-3-10-19(21)20-11-4-6-13-22(20)23/h3-6,10-13,18,23-24H,7-9,14-17H2,1-2H3,(H,29,34)(H,30,31)(H,32,33). The average Bonchev–Trinajstić information content (AvgIpc) is 3.36. The second-order valence-corrected chi connectivity index (χ2v) is 10.00. The fraction of sp³-hybridized carbons (Fsp3) is 0.464. The van der Waals surface area contributed by atoms with Gasteiger partial charge in [-0.2, -0.15) is 0 Å². The Kier molecular flexibility index (Phi) is 7.43. The summed E-state index contributed by atoms with van der Waals surface area (Å²) in [5.41, 5.74) is 3.81. The van der Waals surface area contributed by atoms with E-state index >= 15 is 0 Å². The van der Waals surface area contributed by atoms with Gasteiger partial charge in [0.05, 0.1) is 5.41 Å². The van der Waals surface area contributed by atoms with Gasteiger partial charge in [0.1, 0.15) is 6.61 Å². The second kappa shape index (κ2) is 10.5. The first kappa shape index (κ1) is 24.8. The molecule has 0 heterocycles. The number of benzene rings is 2. The lowest BCUT2D eigenvalue weighted by atomic mass is 9.85. The SMILES string of the molecule is CC(CCCC(=O)NC1CCCC1(C)C(=O)O)NC(=O)OCC1c2ccccc2-c2ccccc21. The molecule has 0 aromatic heterocycles. The van der Waals surface area contributed by atoms with E-state index in [0.29, 0.717) is 32.1 Å².